The molecule has 0 radical (unpaired) electrons. The molecule has 1 saturated heterocycles. The zero-order valence-electron chi connectivity index (χ0n) is 13.2. The van der Waals surface area contributed by atoms with Gasteiger partial charge < -0.3 is 14.6 Å². The topological polar surface area (TPSA) is 31.7 Å². The largest absolute Gasteiger partial charge is 0.468 e. The molecule has 1 N–H and O–H groups in total. The van der Waals surface area contributed by atoms with Crippen LogP contribution in [0.25, 0.3) is 0 Å². The van der Waals surface area contributed by atoms with Crippen LogP contribution in [0.1, 0.15) is 37.5 Å². The Kier molecular flexibility index (Phi) is 6.07. The van der Waals surface area contributed by atoms with E-state index in [4.69, 9.17) is 4.42 Å². The highest BCUT2D eigenvalue weighted by molar-refractivity contribution is 5.12. The lowest BCUT2D eigenvalue weighted by molar-refractivity contribution is 0.133. The van der Waals surface area contributed by atoms with Crippen LogP contribution >= 0.6 is 0 Å². The van der Waals surface area contributed by atoms with Crippen molar-refractivity contribution >= 4 is 0 Å². The van der Waals surface area contributed by atoms with E-state index in [1.54, 1.807) is 0 Å². The molecule has 20 heavy (non-hydrogen) atoms. The molecule has 0 unspecified atom stereocenters. The second kappa shape index (κ2) is 7.81. The molecule has 114 valence electrons. The van der Waals surface area contributed by atoms with Crippen molar-refractivity contribution in [3.8, 4) is 0 Å². The molecule has 0 aromatic carbocycles. The fraction of sp³-hybridized carbons (Fsp3) is 0.750. The van der Waals surface area contributed by atoms with E-state index in [0.29, 0.717) is 0 Å². The summed E-state index contributed by atoms with van der Waals surface area (Å²) in [4.78, 5) is 4.85. The first-order valence-electron chi connectivity index (χ1n) is 7.84. The monoisotopic (exact) mass is 279 g/mol. The van der Waals surface area contributed by atoms with Crippen LogP contribution in [-0.4, -0.2) is 49.6 Å². The van der Waals surface area contributed by atoms with Crippen LogP contribution in [0.5, 0.6) is 0 Å². The van der Waals surface area contributed by atoms with E-state index < -0.39 is 0 Å². The third-order valence-electron chi connectivity index (χ3n) is 4.13. The van der Waals surface area contributed by atoms with E-state index in [1.165, 1.54) is 37.9 Å². The average Bonchev–Trinajstić information content (AvgIpc) is 2.87. The Labute approximate surface area is 123 Å². The van der Waals surface area contributed by atoms with Gasteiger partial charge in [0.1, 0.15) is 5.76 Å². The zero-order chi connectivity index (χ0) is 14.4. The number of nitrogens with one attached hydrogen (secondary N) is 1. The van der Waals surface area contributed by atoms with Crippen LogP contribution in [0.2, 0.25) is 0 Å². The number of hydrogen-bond acceptors (Lipinski definition) is 4. The van der Waals surface area contributed by atoms with Gasteiger partial charge in [0.15, 0.2) is 0 Å². The molecule has 0 amide bonds. The average molecular weight is 279 g/mol. The maximum atomic E-state index is 5.68. The summed E-state index contributed by atoms with van der Waals surface area (Å²) in [5, 5.41) is 3.41. The minimum Gasteiger partial charge on any atom is -0.468 e. The first kappa shape index (κ1) is 15.5. The summed E-state index contributed by atoms with van der Waals surface area (Å²) in [6.07, 6.45) is 5.59. The molecule has 4 heteroatoms. The molecule has 1 fully saturated rings. The van der Waals surface area contributed by atoms with Crippen molar-refractivity contribution in [1.29, 1.82) is 0 Å². The van der Waals surface area contributed by atoms with Crippen molar-refractivity contribution < 1.29 is 4.42 Å². The quantitative estimate of drug-likeness (QED) is 0.776. The van der Waals surface area contributed by atoms with Crippen molar-refractivity contribution in [2.45, 2.75) is 45.3 Å². The van der Waals surface area contributed by atoms with Crippen molar-refractivity contribution in [3.63, 3.8) is 0 Å². The highest BCUT2D eigenvalue weighted by Crippen LogP contribution is 2.17. The van der Waals surface area contributed by atoms with Crippen LogP contribution in [-0.2, 0) is 13.1 Å². The van der Waals surface area contributed by atoms with Gasteiger partial charge in [-0.2, -0.15) is 0 Å². The molecule has 0 aliphatic carbocycles. The summed E-state index contributed by atoms with van der Waals surface area (Å²) in [5.74, 6) is 1.10. The number of nitrogens with zero attached hydrogens (tertiary/aromatic N) is 2. The predicted octanol–water partition coefficient (Wildman–Crippen LogP) is 2.31. The van der Waals surface area contributed by atoms with Crippen LogP contribution in [0.4, 0.5) is 0 Å². The lowest BCUT2D eigenvalue weighted by Gasteiger charge is -2.34. The van der Waals surface area contributed by atoms with Crippen molar-refractivity contribution in [2.75, 3.05) is 33.7 Å². The van der Waals surface area contributed by atoms with Crippen LogP contribution in [0.15, 0.2) is 16.7 Å². The van der Waals surface area contributed by atoms with E-state index in [-0.39, 0.29) is 0 Å². The molecule has 1 aromatic heterocycles. The molecular formula is C16H29N3O. The van der Waals surface area contributed by atoms with Gasteiger partial charge in [-0.3, -0.25) is 4.90 Å². The summed E-state index contributed by atoms with van der Waals surface area (Å²) in [7, 11) is 4.37. The number of piperidine rings is 1. The second-order valence-corrected chi connectivity index (χ2v) is 6.07. The SMILES string of the molecule is CCCNCc1coc(CN2CCC(N(C)C)CC2)c1. The molecule has 0 atom stereocenters. The molecule has 0 bridgehead atoms. The summed E-state index contributed by atoms with van der Waals surface area (Å²) in [6, 6.07) is 2.94. The van der Waals surface area contributed by atoms with Crippen LogP contribution in [0.3, 0.4) is 0 Å². The normalized spacial score (nSPS) is 18.0. The molecule has 2 rings (SSSR count). The van der Waals surface area contributed by atoms with Gasteiger partial charge in [-0.05, 0) is 46.0 Å². The summed E-state index contributed by atoms with van der Waals surface area (Å²) in [5.41, 5.74) is 1.26. The van der Waals surface area contributed by atoms with Crippen LogP contribution < -0.4 is 5.32 Å². The van der Waals surface area contributed by atoms with Gasteiger partial charge in [-0.25, -0.2) is 0 Å². The Bertz CT molecular complexity index is 381. The number of furan rings is 1. The lowest BCUT2D eigenvalue weighted by atomic mass is 10.0. The molecule has 0 saturated carbocycles. The first-order chi connectivity index (χ1) is 9.69. The number of rotatable bonds is 7. The summed E-state index contributed by atoms with van der Waals surface area (Å²) >= 11 is 0. The molecule has 1 aliphatic rings. The van der Waals surface area contributed by atoms with Gasteiger partial charge in [-0.1, -0.05) is 6.92 Å². The van der Waals surface area contributed by atoms with Crippen molar-refractivity contribution in [1.82, 2.24) is 15.1 Å². The minimum absolute atomic E-state index is 0.747. The Morgan fingerprint density at radius 1 is 1.35 bits per heavy atom. The smallest absolute Gasteiger partial charge is 0.118 e. The predicted molar refractivity (Wildman–Crippen MR) is 82.7 cm³/mol. The van der Waals surface area contributed by atoms with Crippen LogP contribution in [0, 0.1) is 0 Å². The second-order valence-electron chi connectivity index (χ2n) is 6.07. The van der Waals surface area contributed by atoms with Gasteiger partial charge in [0.05, 0.1) is 12.8 Å². The number of likely N-dealkylation sites (tertiary alicyclic amines) is 1. The Morgan fingerprint density at radius 3 is 2.75 bits per heavy atom. The van der Waals surface area contributed by atoms with E-state index in [0.717, 1.165) is 31.4 Å². The Balaban J connectivity index is 1.74. The fourth-order valence-corrected chi connectivity index (χ4v) is 2.83. The highest BCUT2D eigenvalue weighted by atomic mass is 16.3. The minimum atomic E-state index is 0.747. The van der Waals surface area contributed by atoms with Gasteiger partial charge in [0.2, 0.25) is 0 Å². The fourth-order valence-electron chi connectivity index (χ4n) is 2.83. The van der Waals surface area contributed by atoms with E-state index in [2.05, 4.69) is 42.2 Å². The van der Waals surface area contributed by atoms with Crippen molar-refractivity contribution in [3.05, 3.63) is 23.7 Å². The van der Waals surface area contributed by atoms with Gasteiger partial charge in [0.25, 0.3) is 0 Å². The molecule has 0 spiro atoms. The molecule has 2 heterocycles. The molecule has 4 nitrogen and oxygen atoms in total. The van der Waals surface area contributed by atoms with Gasteiger partial charge in [0, 0.05) is 31.2 Å². The zero-order valence-corrected chi connectivity index (χ0v) is 13.2. The third kappa shape index (κ3) is 4.62. The molecule has 1 aliphatic heterocycles. The number of hydrogen-bond donors (Lipinski definition) is 1. The van der Waals surface area contributed by atoms with Gasteiger partial charge >= 0.3 is 0 Å². The lowest BCUT2D eigenvalue weighted by Crippen LogP contribution is -2.41. The molecular weight excluding hydrogens is 250 g/mol. The summed E-state index contributed by atoms with van der Waals surface area (Å²) in [6.45, 7) is 7.47. The Hall–Kier alpha value is -0.840. The standard InChI is InChI=1S/C16H29N3O/c1-4-7-17-11-14-10-16(20-13-14)12-19-8-5-15(6-9-19)18(2)3/h10,13,15,17H,4-9,11-12H2,1-3H3. The highest BCUT2D eigenvalue weighted by Gasteiger charge is 2.21. The summed E-state index contributed by atoms with van der Waals surface area (Å²) < 4.78 is 5.68. The first-order valence-corrected chi connectivity index (χ1v) is 7.84. The van der Waals surface area contributed by atoms with E-state index >= 15 is 0 Å². The molecule has 1 aromatic rings. The maximum Gasteiger partial charge on any atom is 0.118 e. The Morgan fingerprint density at radius 2 is 2.10 bits per heavy atom. The van der Waals surface area contributed by atoms with E-state index in [1.807, 2.05) is 6.26 Å². The van der Waals surface area contributed by atoms with Crippen molar-refractivity contribution in [2.24, 2.45) is 0 Å². The maximum absolute atomic E-state index is 5.68. The third-order valence-corrected chi connectivity index (χ3v) is 4.13. The van der Waals surface area contributed by atoms with Gasteiger partial charge in [-0.15, -0.1) is 0 Å². The van der Waals surface area contributed by atoms with E-state index in [9.17, 15) is 0 Å².